The van der Waals surface area contributed by atoms with E-state index in [9.17, 15) is 32.8 Å². The molecule has 6 aromatic rings. The van der Waals surface area contributed by atoms with E-state index < -0.39 is 47.0 Å². The van der Waals surface area contributed by atoms with E-state index in [4.69, 9.17) is 24.0 Å². The summed E-state index contributed by atoms with van der Waals surface area (Å²) in [4.78, 5) is 75.7. The summed E-state index contributed by atoms with van der Waals surface area (Å²) >= 11 is 0. The van der Waals surface area contributed by atoms with Crippen LogP contribution in [0, 0.1) is 11.6 Å². The number of ether oxygens (including phenoxy) is 4. The van der Waals surface area contributed by atoms with Crippen molar-refractivity contribution < 1.29 is 51.7 Å². The van der Waals surface area contributed by atoms with Gasteiger partial charge in [-0.2, -0.15) is 5.10 Å². The van der Waals surface area contributed by atoms with Crippen molar-refractivity contribution in [1.82, 2.24) is 40.5 Å². The van der Waals surface area contributed by atoms with Crippen LogP contribution in [-0.2, 0) is 30.5 Å². The molecule has 2 saturated heterocycles. The van der Waals surface area contributed by atoms with Crippen LogP contribution in [-0.4, -0.2) is 132 Å². The molecule has 2 aromatic heterocycles. The molecule has 4 aromatic carbocycles. The zero-order valence-corrected chi connectivity index (χ0v) is 41.5. The molecule has 18 nitrogen and oxygen atoms in total. The van der Waals surface area contributed by atoms with Crippen LogP contribution in [0.25, 0.3) is 39.2 Å². The van der Waals surface area contributed by atoms with Crippen LogP contribution in [0.15, 0.2) is 97.3 Å². The lowest BCUT2D eigenvalue weighted by molar-refractivity contribution is -0.134. The number of methoxy groups -OCH3 is 1. The fourth-order valence-corrected chi connectivity index (χ4v) is 10.2. The van der Waals surface area contributed by atoms with Crippen molar-refractivity contribution in [2.24, 2.45) is 0 Å². The SMILES string of the molecule is COc1cc2c(cc1-c1cncc(NC(=O)CCC(=O)NC[C@H](NC(=O)OCC3c4ccccc4-c4ccccc43)C(=O)N3CCNCC3)c1)-c1c(c(C(=O)N3CCOCC3(C)C)nn1-c1cc(F)cc(F)c1)CO2. The smallest absolute Gasteiger partial charge is 0.407 e. The van der Waals surface area contributed by atoms with Crippen molar-refractivity contribution in [1.29, 1.82) is 0 Å². The Bertz CT molecular complexity index is 3150. The fourth-order valence-electron chi connectivity index (χ4n) is 10.2. The van der Waals surface area contributed by atoms with Crippen molar-refractivity contribution in [2.45, 2.75) is 50.8 Å². The molecule has 0 unspecified atom stereocenters. The third kappa shape index (κ3) is 10.5. The number of carbonyl (C=O) groups excluding carboxylic acids is 5. The van der Waals surface area contributed by atoms with Gasteiger partial charge in [-0.05, 0) is 60.4 Å². The number of anilines is 1. The summed E-state index contributed by atoms with van der Waals surface area (Å²) in [7, 11) is 1.48. The maximum atomic E-state index is 14.8. The van der Waals surface area contributed by atoms with Gasteiger partial charge in [0.1, 0.15) is 42.4 Å². The molecule has 1 atom stereocenters. The number of carbonyl (C=O) groups is 5. The molecule has 75 heavy (non-hydrogen) atoms. The summed E-state index contributed by atoms with van der Waals surface area (Å²) in [6.45, 7) is 6.41. The quantitative estimate of drug-likeness (QED) is 0.0962. The predicted octanol–water partition coefficient (Wildman–Crippen LogP) is 6.21. The number of piperazine rings is 1. The summed E-state index contributed by atoms with van der Waals surface area (Å²) in [5.41, 5.74) is 6.17. The van der Waals surface area contributed by atoms with Crippen LogP contribution in [0.2, 0.25) is 0 Å². The lowest BCUT2D eigenvalue weighted by Gasteiger charge is -2.41. The second-order valence-electron chi connectivity index (χ2n) is 19.3. The molecular weight excluding hydrogens is 969 g/mol. The van der Waals surface area contributed by atoms with Crippen LogP contribution >= 0.6 is 0 Å². The summed E-state index contributed by atoms with van der Waals surface area (Å²) in [6.07, 6.45) is 1.72. The Morgan fingerprint density at radius 3 is 2.27 bits per heavy atom. The topological polar surface area (TPSA) is 208 Å². The molecule has 0 bridgehead atoms. The highest BCUT2D eigenvalue weighted by Crippen LogP contribution is 2.47. The van der Waals surface area contributed by atoms with E-state index in [-0.39, 0.29) is 55.8 Å². The molecule has 1 aliphatic carbocycles. The number of aromatic nitrogens is 3. The van der Waals surface area contributed by atoms with Gasteiger partial charge >= 0.3 is 6.09 Å². The minimum Gasteiger partial charge on any atom is -0.496 e. The van der Waals surface area contributed by atoms with Crippen LogP contribution in [0.1, 0.15) is 59.8 Å². The number of amides is 5. The molecule has 4 N–H and O–H groups in total. The monoisotopic (exact) mass is 1020 g/mol. The van der Waals surface area contributed by atoms with E-state index in [2.05, 4.69) is 26.3 Å². The number of rotatable bonds is 14. The Kier molecular flexibility index (Phi) is 14.3. The van der Waals surface area contributed by atoms with Gasteiger partial charge in [0.2, 0.25) is 17.7 Å². The Labute approximate surface area is 430 Å². The zero-order valence-electron chi connectivity index (χ0n) is 41.5. The van der Waals surface area contributed by atoms with Gasteiger partial charge < -0.3 is 50.0 Å². The number of alkyl carbamates (subject to hydrolysis) is 1. The average Bonchev–Trinajstić information content (AvgIpc) is 3.98. The maximum absolute atomic E-state index is 14.8. The Morgan fingerprint density at radius 2 is 1.56 bits per heavy atom. The summed E-state index contributed by atoms with van der Waals surface area (Å²) in [5.74, 6) is -2.94. The summed E-state index contributed by atoms with van der Waals surface area (Å²) in [5, 5.41) is 16.1. The molecule has 388 valence electrons. The maximum Gasteiger partial charge on any atom is 0.407 e. The molecule has 0 radical (unpaired) electrons. The minimum atomic E-state index is -1.14. The molecule has 5 amide bonds. The van der Waals surface area contributed by atoms with E-state index in [0.717, 1.165) is 40.5 Å². The number of morpholine rings is 1. The second-order valence-corrected chi connectivity index (χ2v) is 19.3. The molecule has 3 aliphatic heterocycles. The molecule has 5 heterocycles. The molecule has 0 saturated carbocycles. The number of nitrogens with one attached hydrogen (secondary N) is 4. The molecular formula is C55H55F2N9O9. The lowest BCUT2D eigenvalue weighted by atomic mass is 9.95. The predicted molar refractivity (Wildman–Crippen MR) is 271 cm³/mol. The van der Waals surface area contributed by atoms with Crippen molar-refractivity contribution >= 4 is 35.4 Å². The number of fused-ring (bicyclic) bond motifs is 6. The highest BCUT2D eigenvalue weighted by molar-refractivity contribution is 5.98. The van der Waals surface area contributed by atoms with Crippen molar-refractivity contribution in [3.05, 3.63) is 131 Å². The third-order valence-corrected chi connectivity index (χ3v) is 13.9. The number of hydrogen-bond acceptors (Lipinski definition) is 12. The highest BCUT2D eigenvalue weighted by Gasteiger charge is 2.40. The Balaban J connectivity index is 0.819. The van der Waals surface area contributed by atoms with Crippen molar-refractivity contribution in [2.75, 3.05) is 71.5 Å². The largest absolute Gasteiger partial charge is 0.496 e. The lowest BCUT2D eigenvalue weighted by Crippen LogP contribution is -2.57. The van der Waals surface area contributed by atoms with Gasteiger partial charge in [0.15, 0.2) is 5.69 Å². The minimum absolute atomic E-state index is 0.0392. The number of benzene rings is 4. The first-order valence-electron chi connectivity index (χ1n) is 24.7. The molecule has 0 spiro atoms. The molecule has 4 aliphatic rings. The zero-order chi connectivity index (χ0) is 52.4. The number of nitrogens with zero attached hydrogens (tertiary/aromatic N) is 5. The first-order valence-corrected chi connectivity index (χ1v) is 24.7. The first kappa shape index (κ1) is 50.3. The van der Waals surface area contributed by atoms with Gasteiger partial charge in [-0.25, -0.2) is 18.3 Å². The number of hydrogen-bond donors (Lipinski definition) is 4. The average molecular weight is 1020 g/mol. The number of halogens is 2. The van der Waals surface area contributed by atoms with Crippen LogP contribution in [0.4, 0.5) is 19.3 Å². The Hall–Kier alpha value is -8.23. The van der Waals surface area contributed by atoms with Crippen LogP contribution in [0.5, 0.6) is 11.5 Å². The fraction of sp³-hybridized carbons (Fsp3) is 0.327. The van der Waals surface area contributed by atoms with Gasteiger partial charge in [-0.3, -0.25) is 24.2 Å². The van der Waals surface area contributed by atoms with E-state index >= 15 is 0 Å². The summed E-state index contributed by atoms with van der Waals surface area (Å²) < 4.78 is 54.4. The van der Waals surface area contributed by atoms with Crippen molar-refractivity contribution in [3.63, 3.8) is 0 Å². The van der Waals surface area contributed by atoms with Gasteiger partial charge in [0, 0.05) is 98.6 Å². The van der Waals surface area contributed by atoms with Gasteiger partial charge in [0.05, 0.1) is 49.1 Å². The van der Waals surface area contributed by atoms with Crippen molar-refractivity contribution in [3.8, 4) is 50.7 Å². The number of pyridine rings is 1. The van der Waals surface area contributed by atoms with E-state index in [1.165, 1.54) is 18.0 Å². The molecule has 2 fully saturated rings. The van der Waals surface area contributed by atoms with E-state index in [1.807, 2.05) is 62.4 Å². The van der Waals surface area contributed by atoms with Crippen LogP contribution in [0.3, 0.4) is 0 Å². The summed E-state index contributed by atoms with van der Waals surface area (Å²) in [6, 6.07) is 22.8. The van der Waals surface area contributed by atoms with Crippen LogP contribution < -0.4 is 30.7 Å². The second kappa shape index (κ2) is 21.3. The van der Waals surface area contributed by atoms with Gasteiger partial charge in [-0.1, -0.05) is 48.5 Å². The van der Waals surface area contributed by atoms with Gasteiger partial charge in [-0.15, -0.1) is 0 Å². The Morgan fingerprint density at radius 1 is 0.853 bits per heavy atom. The molecule has 20 heteroatoms. The standard InChI is InChI=1S/C55H55F2N9O9/c1-55(2)31-73-19-18-65(55)53(70)50-44-30-74-47-25-46(72-3)41(24-42(47)51(44)66(63-50)36-22-33(56)21-34(57)23-36)32-20-35(27-59-26-32)61-49(68)13-12-48(67)60-28-45(52(69)64-16-14-58-15-17-64)62-54(71)75-29-43-39-10-6-4-8-37(39)38-9-5-7-11-40(38)43/h4-11,20-27,43,45,58H,12-19,28-31H2,1-3H3,(H,60,67)(H,61,68)(H,62,71)/t45-/m0/s1. The first-order chi connectivity index (χ1) is 36.3. The molecule has 10 rings (SSSR count). The van der Waals surface area contributed by atoms with E-state index in [1.54, 1.807) is 34.2 Å². The van der Waals surface area contributed by atoms with E-state index in [0.29, 0.717) is 91.1 Å². The third-order valence-electron chi connectivity index (χ3n) is 13.9. The normalized spacial score (nSPS) is 15.8. The highest BCUT2D eigenvalue weighted by atomic mass is 19.1. The van der Waals surface area contributed by atoms with Gasteiger partial charge in [0.25, 0.3) is 5.91 Å².